The van der Waals surface area contributed by atoms with Crippen molar-refractivity contribution in [1.29, 1.82) is 0 Å². The zero-order chi connectivity index (χ0) is 21.8. The van der Waals surface area contributed by atoms with Gasteiger partial charge in [0.1, 0.15) is 10.5 Å². The van der Waals surface area contributed by atoms with Gasteiger partial charge in [-0.1, -0.05) is 32.9 Å². The van der Waals surface area contributed by atoms with Crippen LogP contribution in [0.1, 0.15) is 85.2 Å². The van der Waals surface area contributed by atoms with E-state index in [4.69, 9.17) is 5.73 Å². The molecule has 3 rings (SSSR count). The van der Waals surface area contributed by atoms with Crippen LogP contribution in [0.3, 0.4) is 0 Å². The Labute approximate surface area is 177 Å². The maximum Gasteiger partial charge on any atom is 0.256 e. The maximum atomic E-state index is 12.9. The van der Waals surface area contributed by atoms with Gasteiger partial charge in [0, 0.05) is 12.0 Å². The Morgan fingerprint density at radius 3 is 2.21 bits per heavy atom. The number of hydrogen-bond acceptors (Lipinski definition) is 3. The van der Waals surface area contributed by atoms with E-state index < -0.39 is 5.91 Å². The van der Waals surface area contributed by atoms with Crippen molar-refractivity contribution in [2.45, 2.75) is 71.4 Å². The second kappa shape index (κ2) is 6.96. The topological polar surface area (TPSA) is 88.8 Å². The van der Waals surface area contributed by atoms with E-state index in [2.05, 4.69) is 59.1 Å². The highest BCUT2D eigenvalue weighted by Crippen LogP contribution is 2.42. The molecule has 0 spiro atoms. The lowest BCUT2D eigenvalue weighted by Gasteiger charge is -2.38. The van der Waals surface area contributed by atoms with Gasteiger partial charge in [-0.05, 0) is 56.4 Å². The average molecular weight is 415 g/mol. The van der Waals surface area contributed by atoms with E-state index in [1.54, 1.807) is 0 Å². The van der Waals surface area contributed by atoms with Crippen LogP contribution in [0.25, 0.3) is 0 Å². The van der Waals surface area contributed by atoms with E-state index in [9.17, 15) is 9.59 Å². The maximum absolute atomic E-state index is 12.9. The van der Waals surface area contributed by atoms with E-state index in [0.717, 1.165) is 22.4 Å². The van der Waals surface area contributed by atoms with Crippen LogP contribution < -0.4 is 16.4 Å². The molecule has 1 aromatic heterocycles. The predicted molar refractivity (Wildman–Crippen MR) is 119 cm³/mol. The summed E-state index contributed by atoms with van der Waals surface area (Å²) in [6, 6.07) is 7.61. The number of fused-ring (bicyclic) bond motifs is 1. The van der Waals surface area contributed by atoms with E-state index in [0.29, 0.717) is 16.1 Å². The number of benzene rings is 1. The zero-order valence-corrected chi connectivity index (χ0v) is 19.2. The summed E-state index contributed by atoms with van der Waals surface area (Å²) in [5.41, 5.74) is 8.69. The fourth-order valence-corrected chi connectivity index (χ4v) is 5.64. The molecule has 1 aliphatic heterocycles. The Hall–Kier alpha value is -2.18. The van der Waals surface area contributed by atoms with Gasteiger partial charge >= 0.3 is 0 Å². The Morgan fingerprint density at radius 1 is 1.10 bits per heavy atom. The number of amides is 2. The number of anilines is 1. The van der Waals surface area contributed by atoms with Crippen LogP contribution in [0.15, 0.2) is 24.3 Å². The van der Waals surface area contributed by atoms with Gasteiger partial charge in [-0.3, -0.25) is 9.59 Å². The zero-order valence-electron chi connectivity index (χ0n) is 18.4. The van der Waals surface area contributed by atoms with Crippen LogP contribution in [0.5, 0.6) is 0 Å². The Morgan fingerprint density at radius 2 is 1.69 bits per heavy atom. The first-order chi connectivity index (χ1) is 13.2. The van der Waals surface area contributed by atoms with Crippen molar-refractivity contribution in [2.24, 2.45) is 5.73 Å². The molecule has 0 bridgehead atoms. The standard InChI is InChI=1S/C23H31N3O2S/c1-21(2,3)14-10-8-13(9-11-14)19(28)25-20-16(18(24)27)15-12-22(4,5)26-23(6,7)17(15)29-20/h8-11,26H,12H2,1-7H3,(H2,24,27)(H,25,28)/p+1. The molecule has 2 amide bonds. The summed E-state index contributed by atoms with van der Waals surface area (Å²) in [6.45, 7) is 15.0. The summed E-state index contributed by atoms with van der Waals surface area (Å²) in [6.07, 6.45) is 0.733. The summed E-state index contributed by atoms with van der Waals surface area (Å²) < 4.78 is 0. The van der Waals surface area contributed by atoms with Crippen LogP contribution in [0.4, 0.5) is 5.00 Å². The van der Waals surface area contributed by atoms with E-state index in [-0.39, 0.29) is 22.4 Å². The van der Waals surface area contributed by atoms with Crippen LogP contribution in [-0.4, -0.2) is 17.4 Å². The number of quaternary nitrogens is 1. The number of rotatable bonds is 3. The fraction of sp³-hybridized carbons (Fsp3) is 0.478. The molecule has 0 unspecified atom stereocenters. The Balaban J connectivity index is 1.97. The van der Waals surface area contributed by atoms with Crippen LogP contribution in [-0.2, 0) is 17.4 Å². The van der Waals surface area contributed by atoms with Gasteiger partial charge in [-0.15, -0.1) is 11.3 Å². The number of carbonyl (C=O) groups is 2. The molecule has 29 heavy (non-hydrogen) atoms. The van der Waals surface area contributed by atoms with Crippen LogP contribution >= 0.6 is 11.3 Å². The van der Waals surface area contributed by atoms with E-state index in [1.807, 2.05) is 24.3 Å². The third kappa shape index (κ3) is 4.23. The highest BCUT2D eigenvalue weighted by molar-refractivity contribution is 7.17. The Bertz CT molecular complexity index is 963. The van der Waals surface area contributed by atoms with Crippen LogP contribution in [0.2, 0.25) is 0 Å². The minimum absolute atomic E-state index is 0.0236. The second-order valence-corrected chi connectivity index (χ2v) is 11.3. The fourth-order valence-electron chi connectivity index (χ4n) is 4.35. The first kappa shape index (κ1) is 21.5. The summed E-state index contributed by atoms with van der Waals surface area (Å²) in [5, 5.41) is 5.82. The normalized spacial score (nSPS) is 17.5. The lowest BCUT2D eigenvalue weighted by atomic mass is 9.81. The largest absolute Gasteiger partial charge is 0.365 e. The SMILES string of the molecule is CC1(C)Cc2c(sc(NC(=O)c3ccc(C(C)(C)C)cc3)c2C(N)=O)C(C)(C)[NH2+]1. The van der Waals surface area contributed by atoms with Crippen molar-refractivity contribution in [1.82, 2.24) is 0 Å². The minimum Gasteiger partial charge on any atom is -0.365 e. The molecule has 0 atom stereocenters. The smallest absolute Gasteiger partial charge is 0.256 e. The minimum atomic E-state index is -0.491. The second-order valence-electron chi connectivity index (χ2n) is 10.3. The molecule has 6 heteroatoms. The molecule has 1 aromatic carbocycles. The van der Waals surface area contributed by atoms with Crippen molar-refractivity contribution >= 4 is 28.2 Å². The molecule has 0 aliphatic carbocycles. The van der Waals surface area contributed by atoms with Gasteiger partial charge in [-0.2, -0.15) is 0 Å². The van der Waals surface area contributed by atoms with Gasteiger partial charge in [0.05, 0.1) is 16.0 Å². The van der Waals surface area contributed by atoms with Crippen molar-refractivity contribution in [3.05, 3.63) is 51.4 Å². The number of thiophene rings is 1. The third-order valence-corrected chi connectivity index (χ3v) is 6.95. The highest BCUT2D eigenvalue weighted by atomic mass is 32.1. The molecule has 156 valence electrons. The molecule has 5 N–H and O–H groups in total. The quantitative estimate of drug-likeness (QED) is 0.717. The molecular weight excluding hydrogens is 382 g/mol. The highest BCUT2D eigenvalue weighted by Gasteiger charge is 2.45. The number of hydrogen-bond donors (Lipinski definition) is 3. The van der Waals surface area contributed by atoms with E-state index >= 15 is 0 Å². The van der Waals surface area contributed by atoms with Gasteiger partial charge in [0.25, 0.3) is 11.8 Å². The number of nitrogens with one attached hydrogen (secondary N) is 1. The summed E-state index contributed by atoms with van der Waals surface area (Å²) in [4.78, 5) is 26.3. The molecule has 2 heterocycles. The van der Waals surface area contributed by atoms with Gasteiger partial charge in [0.2, 0.25) is 0 Å². The monoisotopic (exact) mass is 414 g/mol. The van der Waals surface area contributed by atoms with Crippen molar-refractivity contribution < 1.29 is 14.9 Å². The van der Waals surface area contributed by atoms with Crippen LogP contribution in [0, 0.1) is 0 Å². The van der Waals surface area contributed by atoms with Crippen molar-refractivity contribution in [3.63, 3.8) is 0 Å². The number of carbonyl (C=O) groups excluding carboxylic acids is 2. The Kier molecular flexibility index (Phi) is 5.16. The summed E-state index contributed by atoms with van der Waals surface area (Å²) in [7, 11) is 0. The predicted octanol–water partition coefficient (Wildman–Crippen LogP) is 3.53. The molecule has 2 aromatic rings. The molecule has 0 fully saturated rings. The van der Waals surface area contributed by atoms with Gasteiger partial charge in [0.15, 0.2) is 0 Å². The third-order valence-electron chi connectivity index (χ3n) is 5.46. The molecule has 0 saturated heterocycles. The lowest BCUT2D eigenvalue weighted by Crippen LogP contribution is -3.03. The number of primary amides is 1. The summed E-state index contributed by atoms with van der Waals surface area (Å²) in [5.74, 6) is -0.720. The lowest BCUT2D eigenvalue weighted by molar-refractivity contribution is -0.789. The first-order valence-corrected chi connectivity index (χ1v) is 10.8. The first-order valence-electron chi connectivity index (χ1n) is 9.96. The van der Waals surface area contributed by atoms with Gasteiger partial charge in [-0.25, -0.2) is 0 Å². The molecular formula is C23H32N3O2S+. The number of nitrogens with two attached hydrogens (primary N) is 2. The summed E-state index contributed by atoms with van der Waals surface area (Å²) >= 11 is 1.46. The van der Waals surface area contributed by atoms with Crippen molar-refractivity contribution in [3.8, 4) is 0 Å². The average Bonchev–Trinajstić information content (AvgIpc) is 2.91. The molecule has 1 aliphatic rings. The van der Waals surface area contributed by atoms with Gasteiger partial charge < -0.3 is 16.4 Å². The molecule has 0 saturated carbocycles. The molecule has 5 nitrogen and oxygen atoms in total. The molecule has 0 radical (unpaired) electrons. The van der Waals surface area contributed by atoms with Crippen molar-refractivity contribution in [2.75, 3.05) is 5.32 Å². The van der Waals surface area contributed by atoms with E-state index in [1.165, 1.54) is 11.3 Å².